The van der Waals surface area contributed by atoms with Gasteiger partial charge in [0.2, 0.25) is 5.95 Å². The van der Waals surface area contributed by atoms with E-state index in [1.54, 1.807) is 6.20 Å². The van der Waals surface area contributed by atoms with Crippen molar-refractivity contribution < 1.29 is 0 Å². The van der Waals surface area contributed by atoms with Crippen LogP contribution in [0.5, 0.6) is 0 Å². The molecule has 3 aromatic rings. The normalized spacial score (nSPS) is 17.6. The molecule has 2 aromatic heterocycles. The molecular weight excluding hydrogens is 334 g/mol. The van der Waals surface area contributed by atoms with E-state index in [1.165, 1.54) is 24.9 Å². The summed E-state index contributed by atoms with van der Waals surface area (Å²) in [5.41, 5.74) is 2.52. The van der Waals surface area contributed by atoms with Gasteiger partial charge in [-0.1, -0.05) is 36.4 Å². The Balaban J connectivity index is 1.38. The van der Waals surface area contributed by atoms with E-state index in [4.69, 9.17) is 4.98 Å². The van der Waals surface area contributed by atoms with E-state index in [1.807, 2.05) is 24.4 Å². The number of piperidine rings is 1. The van der Waals surface area contributed by atoms with Crippen LogP contribution in [0.4, 0.5) is 11.8 Å². The summed E-state index contributed by atoms with van der Waals surface area (Å²) in [6.07, 6.45) is 7.10. The number of nitrogens with one attached hydrogen (secondary N) is 1. The Labute approximate surface area is 160 Å². The maximum atomic E-state index is 4.76. The molecule has 1 fully saturated rings. The minimum absolute atomic E-state index is 0.460. The molecule has 0 saturated carbocycles. The SMILES string of the molecule is c1ccc(CCN2CCC[C@H](c3ccnc(Nc4ccccn4)n3)C2)cc1. The maximum Gasteiger partial charge on any atom is 0.228 e. The molecule has 1 aliphatic heterocycles. The van der Waals surface area contributed by atoms with Gasteiger partial charge in [0, 0.05) is 31.4 Å². The lowest BCUT2D eigenvalue weighted by atomic mass is 9.94. The lowest BCUT2D eigenvalue weighted by Gasteiger charge is -2.32. The minimum atomic E-state index is 0.460. The van der Waals surface area contributed by atoms with Crippen LogP contribution in [0.3, 0.4) is 0 Å². The van der Waals surface area contributed by atoms with Crippen molar-refractivity contribution in [3.05, 3.63) is 78.2 Å². The van der Waals surface area contributed by atoms with Crippen molar-refractivity contribution in [3.8, 4) is 0 Å². The quantitative estimate of drug-likeness (QED) is 0.720. The van der Waals surface area contributed by atoms with Crippen LogP contribution >= 0.6 is 0 Å². The first-order valence-corrected chi connectivity index (χ1v) is 9.64. The number of benzene rings is 1. The molecule has 27 heavy (non-hydrogen) atoms. The highest BCUT2D eigenvalue weighted by Crippen LogP contribution is 2.26. The predicted molar refractivity (Wildman–Crippen MR) is 108 cm³/mol. The molecule has 1 aromatic carbocycles. The summed E-state index contributed by atoms with van der Waals surface area (Å²) in [4.78, 5) is 16.0. The topological polar surface area (TPSA) is 53.9 Å². The van der Waals surface area contributed by atoms with Crippen molar-refractivity contribution in [2.45, 2.75) is 25.2 Å². The molecule has 138 valence electrons. The van der Waals surface area contributed by atoms with Crippen LogP contribution in [0.25, 0.3) is 0 Å². The predicted octanol–water partition coefficient (Wildman–Crippen LogP) is 4.04. The summed E-state index contributed by atoms with van der Waals surface area (Å²) in [7, 11) is 0. The first-order chi connectivity index (χ1) is 13.4. The van der Waals surface area contributed by atoms with E-state index in [-0.39, 0.29) is 0 Å². The smallest absolute Gasteiger partial charge is 0.228 e. The number of pyridine rings is 1. The second-order valence-electron chi connectivity index (χ2n) is 7.02. The average Bonchev–Trinajstić information content (AvgIpc) is 2.74. The van der Waals surface area contributed by atoms with Crippen LogP contribution in [0.1, 0.15) is 30.0 Å². The van der Waals surface area contributed by atoms with Gasteiger partial charge in [-0.3, -0.25) is 0 Å². The molecule has 0 radical (unpaired) electrons. The number of nitrogens with zero attached hydrogens (tertiary/aromatic N) is 4. The first-order valence-electron chi connectivity index (χ1n) is 9.64. The second kappa shape index (κ2) is 8.73. The summed E-state index contributed by atoms with van der Waals surface area (Å²) in [6.45, 7) is 3.34. The number of rotatable bonds is 6. The lowest BCUT2D eigenvalue weighted by molar-refractivity contribution is 0.208. The third-order valence-corrected chi connectivity index (χ3v) is 5.07. The second-order valence-corrected chi connectivity index (χ2v) is 7.02. The summed E-state index contributed by atoms with van der Waals surface area (Å²) >= 11 is 0. The Kier molecular flexibility index (Phi) is 5.70. The number of anilines is 2. The highest BCUT2D eigenvalue weighted by Gasteiger charge is 2.22. The van der Waals surface area contributed by atoms with Crippen LogP contribution in [-0.4, -0.2) is 39.5 Å². The fourth-order valence-corrected chi connectivity index (χ4v) is 3.64. The lowest BCUT2D eigenvalue weighted by Crippen LogP contribution is -2.36. The van der Waals surface area contributed by atoms with E-state index in [0.717, 1.165) is 31.0 Å². The van der Waals surface area contributed by atoms with Gasteiger partial charge < -0.3 is 10.2 Å². The Morgan fingerprint density at radius 3 is 2.70 bits per heavy atom. The van der Waals surface area contributed by atoms with Gasteiger partial charge in [0.05, 0.1) is 5.69 Å². The van der Waals surface area contributed by atoms with Crippen LogP contribution in [0.15, 0.2) is 67.0 Å². The average molecular weight is 359 g/mol. The Morgan fingerprint density at radius 1 is 0.963 bits per heavy atom. The number of aromatic nitrogens is 3. The van der Waals surface area contributed by atoms with E-state index < -0.39 is 0 Å². The Bertz CT molecular complexity index is 838. The third kappa shape index (κ3) is 4.89. The molecule has 1 saturated heterocycles. The molecule has 0 spiro atoms. The fraction of sp³-hybridized carbons (Fsp3) is 0.318. The van der Waals surface area contributed by atoms with Crippen LogP contribution < -0.4 is 5.32 Å². The Hall–Kier alpha value is -2.79. The molecule has 0 amide bonds. The zero-order valence-corrected chi connectivity index (χ0v) is 15.5. The van der Waals surface area contributed by atoms with Crippen molar-refractivity contribution in [3.63, 3.8) is 0 Å². The summed E-state index contributed by atoms with van der Waals surface area (Å²) in [6, 6.07) is 18.5. The molecule has 4 rings (SSSR count). The van der Waals surface area contributed by atoms with Crippen molar-refractivity contribution in [2.75, 3.05) is 25.0 Å². The van der Waals surface area contributed by atoms with E-state index in [9.17, 15) is 0 Å². The molecule has 1 atom stereocenters. The van der Waals surface area contributed by atoms with Crippen molar-refractivity contribution in [1.82, 2.24) is 19.9 Å². The summed E-state index contributed by atoms with van der Waals surface area (Å²) in [5, 5.41) is 3.19. The van der Waals surface area contributed by atoms with Gasteiger partial charge in [0.1, 0.15) is 5.82 Å². The highest BCUT2D eigenvalue weighted by atomic mass is 15.2. The van der Waals surface area contributed by atoms with Gasteiger partial charge in [-0.2, -0.15) is 0 Å². The van der Waals surface area contributed by atoms with Crippen molar-refractivity contribution in [1.29, 1.82) is 0 Å². The standard InChI is InChI=1S/C22H25N5/c1-2-7-18(8-3-1)12-16-27-15-6-9-19(17-27)20-11-14-24-22(25-20)26-21-10-4-5-13-23-21/h1-5,7-8,10-11,13-14,19H,6,9,12,15-17H2,(H,23,24,25,26)/t19-/m0/s1. The molecule has 5 heteroatoms. The minimum Gasteiger partial charge on any atom is -0.309 e. The molecule has 0 bridgehead atoms. The highest BCUT2D eigenvalue weighted by molar-refractivity contribution is 5.46. The fourth-order valence-electron chi connectivity index (χ4n) is 3.64. The van der Waals surface area contributed by atoms with Crippen molar-refractivity contribution >= 4 is 11.8 Å². The molecule has 5 nitrogen and oxygen atoms in total. The Morgan fingerprint density at radius 2 is 1.85 bits per heavy atom. The number of hydrogen-bond donors (Lipinski definition) is 1. The largest absolute Gasteiger partial charge is 0.309 e. The van der Waals surface area contributed by atoms with Gasteiger partial charge in [0.15, 0.2) is 0 Å². The van der Waals surface area contributed by atoms with Gasteiger partial charge >= 0.3 is 0 Å². The van der Waals surface area contributed by atoms with Crippen LogP contribution in [-0.2, 0) is 6.42 Å². The summed E-state index contributed by atoms with van der Waals surface area (Å²) in [5.74, 6) is 1.84. The number of hydrogen-bond acceptors (Lipinski definition) is 5. The van der Waals surface area contributed by atoms with E-state index in [2.05, 4.69) is 56.6 Å². The monoisotopic (exact) mass is 359 g/mol. The molecule has 1 aliphatic rings. The van der Waals surface area contributed by atoms with E-state index >= 15 is 0 Å². The molecular formula is C22H25N5. The maximum absolute atomic E-state index is 4.76. The molecule has 0 unspecified atom stereocenters. The number of likely N-dealkylation sites (tertiary alicyclic amines) is 1. The first kappa shape index (κ1) is 17.6. The van der Waals surface area contributed by atoms with Gasteiger partial charge in [-0.05, 0) is 49.6 Å². The zero-order chi connectivity index (χ0) is 18.3. The van der Waals surface area contributed by atoms with E-state index in [0.29, 0.717) is 11.9 Å². The molecule has 1 N–H and O–H groups in total. The third-order valence-electron chi connectivity index (χ3n) is 5.07. The van der Waals surface area contributed by atoms with Crippen LogP contribution in [0.2, 0.25) is 0 Å². The van der Waals surface area contributed by atoms with Gasteiger partial charge in [-0.25, -0.2) is 15.0 Å². The summed E-state index contributed by atoms with van der Waals surface area (Å²) < 4.78 is 0. The van der Waals surface area contributed by atoms with Gasteiger partial charge in [-0.15, -0.1) is 0 Å². The van der Waals surface area contributed by atoms with Crippen LogP contribution in [0, 0.1) is 0 Å². The molecule has 0 aliphatic carbocycles. The molecule has 3 heterocycles. The van der Waals surface area contributed by atoms with Gasteiger partial charge in [0.25, 0.3) is 0 Å². The van der Waals surface area contributed by atoms with Crippen molar-refractivity contribution in [2.24, 2.45) is 0 Å². The zero-order valence-electron chi connectivity index (χ0n) is 15.5.